The van der Waals surface area contributed by atoms with E-state index in [0.29, 0.717) is 5.41 Å². The van der Waals surface area contributed by atoms with Gasteiger partial charge in [-0.15, -0.1) is 0 Å². The first-order chi connectivity index (χ1) is 21.8. The maximum absolute atomic E-state index is 2.28. The van der Waals surface area contributed by atoms with E-state index in [0.717, 1.165) is 23.7 Å². The molecule has 0 heterocycles. The van der Waals surface area contributed by atoms with Gasteiger partial charge in [-0.1, -0.05) is 282 Å². The van der Waals surface area contributed by atoms with Crippen molar-refractivity contribution in [3.05, 3.63) is 0 Å². The number of unbranched alkanes of at least 4 members (excludes halogenated alkanes) is 9. The fraction of sp³-hybridized carbons (Fsp3) is 1.00. The summed E-state index contributed by atoms with van der Waals surface area (Å²) in [6.07, 6.45) is 24.9. The first-order valence-corrected chi connectivity index (χ1v) is 21.8. The van der Waals surface area contributed by atoms with Gasteiger partial charge in [0.1, 0.15) is 0 Å². The highest BCUT2D eigenvalue weighted by Gasteiger charge is 2.12. The third-order valence-corrected chi connectivity index (χ3v) is 5.46. The molecule has 0 nitrogen and oxygen atoms in total. The second kappa shape index (κ2) is 71.9. The van der Waals surface area contributed by atoms with E-state index < -0.39 is 0 Å². The summed E-state index contributed by atoms with van der Waals surface area (Å²) in [6, 6.07) is 0. The largest absolute Gasteiger partial charge is 0.0683 e. The van der Waals surface area contributed by atoms with Crippen molar-refractivity contribution in [2.75, 3.05) is 0 Å². The lowest BCUT2D eigenvalue weighted by Gasteiger charge is -2.05. The Labute approximate surface area is 310 Å². The van der Waals surface area contributed by atoms with Crippen molar-refractivity contribution in [1.29, 1.82) is 0 Å². The van der Waals surface area contributed by atoms with Crippen molar-refractivity contribution >= 4 is 0 Å². The molecule has 0 unspecified atom stereocenters. The molecule has 1 rings (SSSR count). The van der Waals surface area contributed by atoms with Crippen LogP contribution in [0.25, 0.3) is 0 Å². The highest BCUT2D eigenvalue weighted by molar-refractivity contribution is 4.65. The normalized spacial score (nSPS) is 10.5. The molecule has 0 aliphatic heterocycles. The smallest absolute Gasteiger partial charge is 0.0411 e. The molecule has 300 valence electrons. The average molecular weight is 677 g/mol. The minimum Gasteiger partial charge on any atom is -0.0683 e. The van der Waals surface area contributed by atoms with Gasteiger partial charge in [0.25, 0.3) is 0 Å². The standard InChI is InChI=1S/C8H18.2C6H14.2C5H12.C4H8.2C4H10.C3H8.C2H6/c1-3-5-7-8-6-4-2;1-4-5-6(2)3;1-3-5-6-4-2;1-5(2,3)4;1-4-5(2)3;1-4-2-3-4;1-4(2)3;1-3-4-2;1-3-2;1-2/h3-8H2,1-2H3;6H,4-5H2,1-3H3;3-6H2,1-2H3;1-4H3;5H,4H2,1-3H3;4H,2-3H2,1H3;4H,1-3H3;3-4H2,1-2H3;3H2,1-2H3;1-2H3. The van der Waals surface area contributed by atoms with E-state index in [1.54, 1.807) is 0 Å². The second-order valence-corrected chi connectivity index (χ2v) is 16.2. The van der Waals surface area contributed by atoms with Gasteiger partial charge in [-0.05, 0) is 29.1 Å². The van der Waals surface area contributed by atoms with Gasteiger partial charge in [-0.2, -0.15) is 0 Å². The Morgan fingerprint density at radius 3 is 0.702 bits per heavy atom. The third kappa shape index (κ3) is 308. The zero-order valence-electron chi connectivity index (χ0n) is 39.5. The van der Waals surface area contributed by atoms with Crippen LogP contribution in [0.4, 0.5) is 0 Å². The van der Waals surface area contributed by atoms with E-state index >= 15 is 0 Å². The molecule has 0 bridgehead atoms. The Morgan fingerprint density at radius 1 is 0.447 bits per heavy atom. The lowest BCUT2D eigenvalue weighted by Crippen LogP contribution is -1.93. The van der Waals surface area contributed by atoms with Gasteiger partial charge >= 0.3 is 0 Å². The van der Waals surface area contributed by atoms with Crippen LogP contribution in [0.1, 0.15) is 282 Å². The number of hydrogen-bond acceptors (Lipinski definition) is 0. The summed E-state index contributed by atoms with van der Waals surface area (Å²) in [5.41, 5.74) is 0.500. The van der Waals surface area contributed by atoms with E-state index in [-0.39, 0.29) is 0 Å². The Morgan fingerprint density at radius 2 is 0.638 bits per heavy atom. The molecule has 47 heavy (non-hydrogen) atoms. The Kier molecular flexibility index (Phi) is 105. The van der Waals surface area contributed by atoms with E-state index in [1.807, 2.05) is 13.8 Å². The topological polar surface area (TPSA) is 0 Å². The summed E-state index contributed by atoms with van der Waals surface area (Å²) in [5.74, 6) is 3.70. The summed E-state index contributed by atoms with van der Waals surface area (Å²) in [6.45, 7) is 52.5. The van der Waals surface area contributed by atoms with Crippen LogP contribution in [-0.2, 0) is 0 Å². The number of hydrogen-bond donors (Lipinski definition) is 0. The average Bonchev–Trinajstić information content (AvgIpc) is 3.78. The van der Waals surface area contributed by atoms with Crippen molar-refractivity contribution in [2.24, 2.45) is 29.1 Å². The molecule has 1 aliphatic carbocycles. The zero-order chi connectivity index (χ0) is 39.5. The molecular formula is C47H112. The van der Waals surface area contributed by atoms with Crippen molar-refractivity contribution < 1.29 is 0 Å². The number of rotatable bonds is 12. The molecule has 0 radical (unpaired) electrons. The van der Waals surface area contributed by atoms with Crippen LogP contribution in [-0.4, -0.2) is 0 Å². The van der Waals surface area contributed by atoms with Crippen LogP contribution in [0, 0.1) is 29.1 Å². The summed E-state index contributed by atoms with van der Waals surface area (Å²) >= 11 is 0. The van der Waals surface area contributed by atoms with Gasteiger partial charge in [0.2, 0.25) is 0 Å². The highest BCUT2D eigenvalue weighted by Crippen LogP contribution is 2.26. The minimum absolute atomic E-state index is 0.500. The van der Waals surface area contributed by atoms with Crippen LogP contribution >= 0.6 is 0 Å². The molecule has 0 amide bonds. The Hall–Kier alpha value is 0. The lowest BCUT2D eigenvalue weighted by atomic mass is 10.0. The van der Waals surface area contributed by atoms with Crippen molar-refractivity contribution in [1.82, 2.24) is 0 Å². The predicted octanol–water partition coefficient (Wildman–Crippen LogP) is 19.8. The van der Waals surface area contributed by atoms with Crippen LogP contribution < -0.4 is 0 Å². The molecule has 0 aromatic carbocycles. The summed E-state index contributed by atoms with van der Waals surface area (Å²) in [4.78, 5) is 0. The fourth-order valence-corrected chi connectivity index (χ4v) is 2.10. The van der Waals surface area contributed by atoms with E-state index in [2.05, 4.69) is 152 Å². The minimum atomic E-state index is 0.500. The molecular weight excluding hydrogens is 565 g/mol. The molecule has 1 fully saturated rings. The van der Waals surface area contributed by atoms with Crippen molar-refractivity contribution in [3.8, 4) is 0 Å². The molecule has 0 aromatic rings. The monoisotopic (exact) mass is 677 g/mol. The summed E-state index contributed by atoms with van der Waals surface area (Å²) in [5, 5.41) is 0. The third-order valence-electron chi connectivity index (χ3n) is 5.46. The fourth-order valence-electron chi connectivity index (χ4n) is 2.10. The molecule has 0 N–H and O–H groups in total. The van der Waals surface area contributed by atoms with Gasteiger partial charge in [-0.25, -0.2) is 0 Å². The van der Waals surface area contributed by atoms with Crippen LogP contribution in [0.2, 0.25) is 0 Å². The van der Waals surface area contributed by atoms with Gasteiger partial charge in [-0.3, -0.25) is 0 Å². The first kappa shape index (κ1) is 68.9. The maximum atomic E-state index is 2.28. The molecule has 0 saturated heterocycles. The van der Waals surface area contributed by atoms with Crippen LogP contribution in [0.15, 0.2) is 0 Å². The highest BCUT2D eigenvalue weighted by atomic mass is 14.2. The van der Waals surface area contributed by atoms with Gasteiger partial charge in [0.05, 0.1) is 0 Å². The second-order valence-electron chi connectivity index (χ2n) is 16.2. The Bertz CT molecular complexity index is 332. The summed E-state index contributed by atoms with van der Waals surface area (Å²) < 4.78 is 0. The lowest BCUT2D eigenvalue weighted by molar-refractivity contribution is 0.469. The van der Waals surface area contributed by atoms with Crippen LogP contribution in [0.5, 0.6) is 0 Å². The molecule has 0 spiro atoms. The van der Waals surface area contributed by atoms with Gasteiger partial charge in [0, 0.05) is 0 Å². The van der Waals surface area contributed by atoms with Crippen molar-refractivity contribution in [2.45, 2.75) is 282 Å². The van der Waals surface area contributed by atoms with Gasteiger partial charge in [0.15, 0.2) is 0 Å². The van der Waals surface area contributed by atoms with Crippen molar-refractivity contribution in [3.63, 3.8) is 0 Å². The molecule has 0 aromatic heterocycles. The maximum Gasteiger partial charge on any atom is -0.0411 e. The summed E-state index contributed by atoms with van der Waals surface area (Å²) in [7, 11) is 0. The predicted molar refractivity (Wildman–Crippen MR) is 236 cm³/mol. The SMILES string of the molecule is CC.CC(C)(C)C.CC(C)C.CC1CC1.CCC.CCC(C)C.CCCC.CCCC(C)C.CCCCCC.CCCCCCCC. The molecule has 1 saturated carbocycles. The quantitative estimate of drug-likeness (QED) is 0.180. The van der Waals surface area contributed by atoms with E-state index in [9.17, 15) is 0 Å². The molecule has 1 aliphatic rings. The first-order valence-electron chi connectivity index (χ1n) is 21.8. The van der Waals surface area contributed by atoms with E-state index in [4.69, 9.17) is 0 Å². The zero-order valence-corrected chi connectivity index (χ0v) is 39.5. The van der Waals surface area contributed by atoms with E-state index in [1.165, 1.54) is 116 Å². The molecule has 0 heteroatoms. The van der Waals surface area contributed by atoms with Crippen LogP contribution in [0.3, 0.4) is 0 Å². The molecule has 0 atom stereocenters. The van der Waals surface area contributed by atoms with Gasteiger partial charge < -0.3 is 0 Å². The Balaban J connectivity index is -0.0000000496.